The highest BCUT2D eigenvalue weighted by atomic mass is 16.5. The number of hydrogen-bond donors (Lipinski definition) is 1. The van der Waals surface area contributed by atoms with Crippen molar-refractivity contribution < 1.29 is 9.47 Å². The van der Waals surface area contributed by atoms with E-state index in [1.807, 2.05) is 24.3 Å². The molecule has 1 fully saturated rings. The second-order valence-electron chi connectivity index (χ2n) is 5.59. The Kier molecular flexibility index (Phi) is 3.84. The van der Waals surface area contributed by atoms with Crippen molar-refractivity contribution >= 4 is 0 Å². The van der Waals surface area contributed by atoms with Crippen LogP contribution in [0.4, 0.5) is 0 Å². The maximum absolute atomic E-state index is 6.46. The van der Waals surface area contributed by atoms with Gasteiger partial charge >= 0.3 is 0 Å². The van der Waals surface area contributed by atoms with Crippen LogP contribution in [0.5, 0.6) is 11.5 Å². The molecule has 0 saturated heterocycles. The molecule has 2 N–H and O–H groups in total. The van der Waals surface area contributed by atoms with Gasteiger partial charge in [0.2, 0.25) is 0 Å². The molecule has 2 aromatic rings. The van der Waals surface area contributed by atoms with Crippen LogP contribution in [0.1, 0.15) is 29.5 Å². The summed E-state index contributed by atoms with van der Waals surface area (Å²) in [6.45, 7) is 0. The van der Waals surface area contributed by atoms with E-state index >= 15 is 0 Å². The van der Waals surface area contributed by atoms with Crippen molar-refractivity contribution in [3.8, 4) is 11.5 Å². The standard InChI is InChI=1S/C18H21NO2/c1-20-14-8-13(9-15(10-14)21-2)18(19)17-11-16(17)12-6-4-3-5-7-12/h3-10,16-18H,11,19H2,1-2H3. The van der Waals surface area contributed by atoms with Crippen molar-refractivity contribution in [2.24, 2.45) is 11.7 Å². The Morgan fingerprint density at radius 2 is 1.62 bits per heavy atom. The first kappa shape index (κ1) is 14.0. The topological polar surface area (TPSA) is 44.5 Å². The van der Waals surface area contributed by atoms with E-state index in [9.17, 15) is 0 Å². The first-order valence-electron chi connectivity index (χ1n) is 7.26. The summed E-state index contributed by atoms with van der Waals surface area (Å²) >= 11 is 0. The summed E-state index contributed by atoms with van der Waals surface area (Å²) in [5.41, 5.74) is 8.92. The fourth-order valence-corrected chi connectivity index (χ4v) is 2.96. The average Bonchev–Trinajstić information content (AvgIpc) is 3.35. The smallest absolute Gasteiger partial charge is 0.122 e. The molecule has 0 aliphatic heterocycles. The number of methoxy groups -OCH3 is 2. The molecule has 3 rings (SSSR count). The molecule has 0 radical (unpaired) electrons. The van der Waals surface area contributed by atoms with Crippen molar-refractivity contribution in [3.05, 3.63) is 59.7 Å². The lowest BCUT2D eigenvalue weighted by Crippen LogP contribution is -2.13. The molecule has 3 unspecified atom stereocenters. The van der Waals surface area contributed by atoms with Gasteiger partial charge in [0.05, 0.1) is 14.2 Å². The minimum atomic E-state index is 0.0132. The van der Waals surface area contributed by atoms with Crippen LogP contribution in [0, 0.1) is 5.92 Å². The van der Waals surface area contributed by atoms with Gasteiger partial charge < -0.3 is 15.2 Å². The first-order chi connectivity index (χ1) is 10.2. The van der Waals surface area contributed by atoms with Crippen LogP contribution in [0.25, 0.3) is 0 Å². The minimum Gasteiger partial charge on any atom is -0.497 e. The average molecular weight is 283 g/mol. The van der Waals surface area contributed by atoms with E-state index in [0.29, 0.717) is 11.8 Å². The van der Waals surface area contributed by atoms with Gasteiger partial charge in [0.1, 0.15) is 11.5 Å². The summed E-state index contributed by atoms with van der Waals surface area (Å²) in [5, 5.41) is 0. The summed E-state index contributed by atoms with van der Waals surface area (Å²) in [5.74, 6) is 2.64. The van der Waals surface area contributed by atoms with E-state index in [1.165, 1.54) is 5.56 Å². The minimum absolute atomic E-state index is 0.0132. The molecule has 0 heterocycles. The molecule has 0 amide bonds. The van der Waals surface area contributed by atoms with Crippen LogP contribution < -0.4 is 15.2 Å². The molecular formula is C18H21NO2. The fraction of sp³-hybridized carbons (Fsp3) is 0.333. The molecule has 0 spiro atoms. The van der Waals surface area contributed by atoms with Gasteiger partial charge in [-0.1, -0.05) is 30.3 Å². The molecular weight excluding hydrogens is 262 g/mol. The second kappa shape index (κ2) is 5.78. The largest absolute Gasteiger partial charge is 0.497 e. The predicted octanol–water partition coefficient (Wildman–Crippen LogP) is 3.51. The molecule has 0 aromatic heterocycles. The van der Waals surface area contributed by atoms with Crippen molar-refractivity contribution in [2.75, 3.05) is 14.2 Å². The molecule has 1 saturated carbocycles. The van der Waals surface area contributed by atoms with Crippen molar-refractivity contribution in [2.45, 2.75) is 18.4 Å². The molecule has 1 aliphatic carbocycles. The van der Waals surface area contributed by atoms with Crippen molar-refractivity contribution in [1.82, 2.24) is 0 Å². The van der Waals surface area contributed by atoms with E-state index in [0.717, 1.165) is 23.5 Å². The van der Waals surface area contributed by atoms with Gasteiger partial charge in [0.25, 0.3) is 0 Å². The van der Waals surface area contributed by atoms with Crippen LogP contribution in [0.2, 0.25) is 0 Å². The Morgan fingerprint density at radius 3 is 2.19 bits per heavy atom. The molecule has 21 heavy (non-hydrogen) atoms. The Balaban J connectivity index is 1.79. The number of hydrogen-bond acceptors (Lipinski definition) is 3. The summed E-state index contributed by atoms with van der Waals surface area (Å²) in [7, 11) is 3.32. The van der Waals surface area contributed by atoms with Gasteiger partial charge in [-0.2, -0.15) is 0 Å². The van der Waals surface area contributed by atoms with Gasteiger partial charge in [-0.05, 0) is 41.5 Å². The third-order valence-electron chi connectivity index (χ3n) is 4.29. The Hall–Kier alpha value is -2.00. The van der Waals surface area contributed by atoms with Gasteiger partial charge in [0.15, 0.2) is 0 Å². The highest BCUT2D eigenvalue weighted by Gasteiger charge is 2.43. The summed E-state index contributed by atoms with van der Waals surface area (Å²) in [6, 6.07) is 16.5. The first-order valence-corrected chi connectivity index (χ1v) is 7.26. The van der Waals surface area contributed by atoms with Gasteiger partial charge in [0, 0.05) is 12.1 Å². The highest BCUT2D eigenvalue weighted by molar-refractivity contribution is 5.41. The third kappa shape index (κ3) is 2.88. The van der Waals surface area contributed by atoms with E-state index < -0.39 is 0 Å². The quantitative estimate of drug-likeness (QED) is 0.913. The van der Waals surface area contributed by atoms with Crippen LogP contribution in [-0.4, -0.2) is 14.2 Å². The lowest BCUT2D eigenvalue weighted by Gasteiger charge is -2.15. The van der Waals surface area contributed by atoms with Gasteiger partial charge in [-0.25, -0.2) is 0 Å². The van der Waals surface area contributed by atoms with E-state index in [-0.39, 0.29) is 6.04 Å². The van der Waals surface area contributed by atoms with Crippen LogP contribution >= 0.6 is 0 Å². The van der Waals surface area contributed by atoms with E-state index in [1.54, 1.807) is 14.2 Å². The van der Waals surface area contributed by atoms with Crippen molar-refractivity contribution in [3.63, 3.8) is 0 Å². The number of nitrogens with two attached hydrogens (primary N) is 1. The molecule has 1 aliphatic rings. The lowest BCUT2D eigenvalue weighted by molar-refractivity contribution is 0.392. The zero-order valence-electron chi connectivity index (χ0n) is 12.5. The molecule has 110 valence electrons. The predicted molar refractivity (Wildman–Crippen MR) is 83.8 cm³/mol. The maximum atomic E-state index is 6.46. The van der Waals surface area contributed by atoms with Gasteiger partial charge in [-0.3, -0.25) is 0 Å². The molecule has 3 heteroatoms. The number of rotatable bonds is 5. The SMILES string of the molecule is COc1cc(OC)cc(C(N)C2CC2c2ccccc2)c1. The summed E-state index contributed by atoms with van der Waals surface area (Å²) < 4.78 is 10.6. The zero-order valence-corrected chi connectivity index (χ0v) is 12.5. The summed E-state index contributed by atoms with van der Waals surface area (Å²) in [6.07, 6.45) is 1.14. The molecule has 3 nitrogen and oxygen atoms in total. The monoisotopic (exact) mass is 283 g/mol. The van der Waals surface area contributed by atoms with Crippen LogP contribution in [0.3, 0.4) is 0 Å². The van der Waals surface area contributed by atoms with E-state index in [4.69, 9.17) is 15.2 Å². The second-order valence-corrected chi connectivity index (χ2v) is 5.59. The molecule has 3 atom stereocenters. The Bertz CT molecular complexity index is 590. The Labute approximate surface area is 125 Å². The van der Waals surface area contributed by atoms with Crippen LogP contribution in [-0.2, 0) is 0 Å². The molecule has 2 aromatic carbocycles. The maximum Gasteiger partial charge on any atom is 0.122 e. The Morgan fingerprint density at radius 1 is 1.00 bits per heavy atom. The van der Waals surface area contributed by atoms with E-state index in [2.05, 4.69) is 24.3 Å². The zero-order chi connectivity index (χ0) is 14.8. The third-order valence-corrected chi connectivity index (χ3v) is 4.29. The lowest BCUT2D eigenvalue weighted by atomic mass is 9.99. The molecule has 0 bridgehead atoms. The van der Waals surface area contributed by atoms with Gasteiger partial charge in [-0.15, -0.1) is 0 Å². The number of ether oxygens (including phenoxy) is 2. The summed E-state index contributed by atoms with van der Waals surface area (Å²) in [4.78, 5) is 0. The normalized spacial score (nSPS) is 21.7. The number of benzene rings is 2. The fourth-order valence-electron chi connectivity index (χ4n) is 2.96. The van der Waals surface area contributed by atoms with Crippen molar-refractivity contribution in [1.29, 1.82) is 0 Å². The van der Waals surface area contributed by atoms with Crippen LogP contribution in [0.15, 0.2) is 48.5 Å². The highest BCUT2D eigenvalue weighted by Crippen LogP contribution is 2.53.